The number of benzene rings is 1. The van der Waals surface area contributed by atoms with Gasteiger partial charge in [-0.15, -0.1) is 0 Å². The molecule has 1 aromatic rings. The monoisotopic (exact) mass is 260 g/mol. The number of carbonyl (C=O) groups excluding carboxylic acids is 1. The van der Waals surface area contributed by atoms with Crippen LogP contribution < -0.4 is 4.74 Å². The SMILES string of the molecule is CCOCCOC(=O)c1ccc(OC(F)F)cc1. The lowest BCUT2D eigenvalue weighted by molar-refractivity contribution is -0.0498. The molecule has 0 unspecified atom stereocenters. The van der Waals surface area contributed by atoms with Crippen LogP contribution in [0.15, 0.2) is 24.3 Å². The van der Waals surface area contributed by atoms with Gasteiger partial charge in [-0.05, 0) is 31.2 Å². The van der Waals surface area contributed by atoms with Gasteiger partial charge in [0.2, 0.25) is 0 Å². The number of hydrogen-bond donors (Lipinski definition) is 0. The number of alkyl halides is 2. The Bertz CT molecular complexity index is 365. The summed E-state index contributed by atoms with van der Waals surface area (Å²) in [6.45, 7) is -0.00799. The first kappa shape index (κ1) is 14.4. The number of hydrogen-bond acceptors (Lipinski definition) is 4. The van der Waals surface area contributed by atoms with Crippen LogP contribution in [0.2, 0.25) is 0 Å². The van der Waals surface area contributed by atoms with Gasteiger partial charge in [0.05, 0.1) is 12.2 Å². The highest BCUT2D eigenvalue weighted by Crippen LogP contribution is 2.15. The normalized spacial score (nSPS) is 10.4. The van der Waals surface area contributed by atoms with E-state index in [4.69, 9.17) is 9.47 Å². The van der Waals surface area contributed by atoms with Gasteiger partial charge in [0.25, 0.3) is 0 Å². The highest BCUT2D eigenvalue weighted by molar-refractivity contribution is 5.89. The number of carbonyl (C=O) groups is 1. The van der Waals surface area contributed by atoms with Gasteiger partial charge in [-0.3, -0.25) is 0 Å². The molecule has 0 heterocycles. The summed E-state index contributed by atoms with van der Waals surface area (Å²) in [6.07, 6.45) is 0. The fourth-order valence-electron chi connectivity index (χ4n) is 1.19. The smallest absolute Gasteiger partial charge is 0.387 e. The average Bonchev–Trinajstić information content (AvgIpc) is 2.34. The van der Waals surface area contributed by atoms with Gasteiger partial charge in [0.1, 0.15) is 12.4 Å². The standard InChI is InChI=1S/C12H14F2O4/c1-2-16-7-8-17-11(15)9-3-5-10(6-4-9)18-12(13)14/h3-6,12H,2,7-8H2,1H3. The highest BCUT2D eigenvalue weighted by atomic mass is 19.3. The van der Waals surface area contributed by atoms with E-state index in [2.05, 4.69) is 4.74 Å². The first-order valence-corrected chi connectivity index (χ1v) is 5.43. The van der Waals surface area contributed by atoms with Crippen molar-refractivity contribution < 1.29 is 27.8 Å². The fourth-order valence-corrected chi connectivity index (χ4v) is 1.19. The summed E-state index contributed by atoms with van der Waals surface area (Å²) in [5.74, 6) is -0.533. The molecular formula is C12H14F2O4. The summed E-state index contributed by atoms with van der Waals surface area (Å²) in [5, 5.41) is 0. The van der Waals surface area contributed by atoms with Gasteiger partial charge >= 0.3 is 12.6 Å². The molecule has 4 nitrogen and oxygen atoms in total. The zero-order valence-electron chi connectivity index (χ0n) is 9.90. The maximum absolute atomic E-state index is 11.9. The molecule has 0 amide bonds. The van der Waals surface area contributed by atoms with Crippen LogP contribution in [-0.4, -0.2) is 32.4 Å². The van der Waals surface area contributed by atoms with Crippen LogP contribution in [0, 0.1) is 0 Å². The largest absolute Gasteiger partial charge is 0.460 e. The van der Waals surface area contributed by atoms with Crippen molar-refractivity contribution in [3.63, 3.8) is 0 Å². The molecule has 0 bridgehead atoms. The zero-order valence-corrected chi connectivity index (χ0v) is 9.90. The van der Waals surface area contributed by atoms with Crippen LogP contribution in [0.4, 0.5) is 8.78 Å². The van der Waals surface area contributed by atoms with E-state index in [0.717, 1.165) is 0 Å². The zero-order chi connectivity index (χ0) is 13.4. The van der Waals surface area contributed by atoms with Crippen molar-refractivity contribution in [3.8, 4) is 5.75 Å². The van der Waals surface area contributed by atoms with Gasteiger partial charge in [-0.25, -0.2) is 4.79 Å². The molecule has 6 heteroatoms. The van der Waals surface area contributed by atoms with Gasteiger partial charge in [-0.1, -0.05) is 0 Å². The van der Waals surface area contributed by atoms with Crippen LogP contribution in [-0.2, 0) is 9.47 Å². The lowest BCUT2D eigenvalue weighted by Crippen LogP contribution is -2.11. The molecule has 0 atom stereocenters. The van der Waals surface area contributed by atoms with Gasteiger partial charge in [0.15, 0.2) is 0 Å². The first-order valence-electron chi connectivity index (χ1n) is 5.43. The predicted octanol–water partition coefficient (Wildman–Crippen LogP) is 2.48. The Morgan fingerprint density at radius 3 is 2.44 bits per heavy atom. The Hall–Kier alpha value is -1.69. The lowest BCUT2D eigenvalue weighted by atomic mass is 10.2. The topological polar surface area (TPSA) is 44.8 Å². The Morgan fingerprint density at radius 1 is 1.22 bits per heavy atom. The third-order valence-electron chi connectivity index (χ3n) is 1.98. The maximum Gasteiger partial charge on any atom is 0.387 e. The van der Waals surface area contributed by atoms with Gasteiger partial charge in [0, 0.05) is 6.61 Å². The van der Waals surface area contributed by atoms with Crippen molar-refractivity contribution in [2.24, 2.45) is 0 Å². The number of rotatable bonds is 7. The maximum atomic E-state index is 11.9. The van der Waals surface area contributed by atoms with Gasteiger partial charge < -0.3 is 14.2 Å². The van der Waals surface area contributed by atoms with Gasteiger partial charge in [-0.2, -0.15) is 8.78 Å². The Kier molecular flexibility index (Phi) is 6.07. The summed E-state index contributed by atoms with van der Waals surface area (Å²) in [6, 6.07) is 5.29. The summed E-state index contributed by atoms with van der Waals surface area (Å²) in [4.78, 5) is 11.5. The molecule has 18 heavy (non-hydrogen) atoms. The molecule has 0 fully saturated rings. The van der Waals surface area contributed by atoms with Crippen molar-refractivity contribution in [2.75, 3.05) is 19.8 Å². The van der Waals surface area contributed by atoms with E-state index in [-0.39, 0.29) is 17.9 Å². The van der Waals surface area contributed by atoms with E-state index >= 15 is 0 Å². The van der Waals surface area contributed by atoms with Crippen LogP contribution >= 0.6 is 0 Å². The molecular weight excluding hydrogens is 246 g/mol. The minimum absolute atomic E-state index is 0.00383. The van der Waals surface area contributed by atoms with E-state index < -0.39 is 12.6 Å². The Labute approximate surface area is 103 Å². The Balaban J connectivity index is 2.43. The molecule has 0 aliphatic heterocycles. The van der Waals surface area contributed by atoms with E-state index in [1.54, 1.807) is 0 Å². The molecule has 0 spiro atoms. The van der Waals surface area contributed by atoms with Crippen LogP contribution in [0.25, 0.3) is 0 Å². The number of halogens is 2. The minimum atomic E-state index is -2.88. The third kappa shape index (κ3) is 5.09. The van der Waals surface area contributed by atoms with Crippen molar-refractivity contribution in [1.29, 1.82) is 0 Å². The van der Waals surface area contributed by atoms with Crippen molar-refractivity contribution in [2.45, 2.75) is 13.5 Å². The Morgan fingerprint density at radius 2 is 1.89 bits per heavy atom. The summed E-state index contributed by atoms with van der Waals surface area (Å²) in [7, 11) is 0. The average molecular weight is 260 g/mol. The molecule has 0 saturated carbocycles. The lowest BCUT2D eigenvalue weighted by Gasteiger charge is -2.06. The quantitative estimate of drug-likeness (QED) is 0.558. The van der Waals surface area contributed by atoms with Crippen molar-refractivity contribution in [1.82, 2.24) is 0 Å². The second kappa shape index (κ2) is 7.60. The molecule has 0 saturated heterocycles. The first-order chi connectivity index (χ1) is 8.63. The van der Waals surface area contributed by atoms with E-state index in [9.17, 15) is 13.6 Å². The third-order valence-corrected chi connectivity index (χ3v) is 1.98. The number of ether oxygens (including phenoxy) is 3. The van der Waals surface area contributed by atoms with Crippen LogP contribution in [0.1, 0.15) is 17.3 Å². The summed E-state index contributed by atoms with van der Waals surface area (Å²) in [5.41, 5.74) is 0.271. The predicted molar refractivity (Wildman–Crippen MR) is 59.8 cm³/mol. The fraction of sp³-hybridized carbons (Fsp3) is 0.417. The molecule has 0 aliphatic carbocycles. The number of esters is 1. The van der Waals surface area contributed by atoms with Crippen molar-refractivity contribution >= 4 is 5.97 Å². The van der Waals surface area contributed by atoms with Crippen LogP contribution in [0.3, 0.4) is 0 Å². The molecule has 1 aromatic carbocycles. The molecule has 100 valence electrons. The van der Waals surface area contributed by atoms with E-state index in [1.807, 2.05) is 6.92 Å². The second-order valence-corrected chi connectivity index (χ2v) is 3.24. The molecule has 0 N–H and O–H groups in total. The van der Waals surface area contributed by atoms with E-state index in [1.165, 1.54) is 24.3 Å². The summed E-state index contributed by atoms with van der Waals surface area (Å²) < 4.78 is 37.8. The van der Waals surface area contributed by atoms with Crippen molar-refractivity contribution in [3.05, 3.63) is 29.8 Å². The molecule has 0 radical (unpaired) electrons. The summed E-state index contributed by atoms with van der Waals surface area (Å²) >= 11 is 0. The minimum Gasteiger partial charge on any atom is -0.460 e. The molecule has 0 aliphatic rings. The molecule has 1 rings (SSSR count). The second-order valence-electron chi connectivity index (χ2n) is 3.24. The highest BCUT2D eigenvalue weighted by Gasteiger charge is 2.08. The van der Waals surface area contributed by atoms with E-state index in [0.29, 0.717) is 13.2 Å². The van der Waals surface area contributed by atoms with Crippen LogP contribution in [0.5, 0.6) is 5.75 Å². The molecule has 0 aromatic heterocycles.